The monoisotopic (exact) mass is 383 g/mol. The van der Waals surface area contributed by atoms with E-state index in [1.807, 2.05) is 24.3 Å². The summed E-state index contributed by atoms with van der Waals surface area (Å²) in [5.74, 6) is 0.385. The van der Waals surface area contributed by atoms with E-state index in [9.17, 15) is 18.4 Å². The highest BCUT2D eigenvalue weighted by Crippen LogP contribution is 2.33. The summed E-state index contributed by atoms with van der Waals surface area (Å²) in [6.45, 7) is 1.26. The number of anilines is 1. The van der Waals surface area contributed by atoms with Crippen molar-refractivity contribution in [2.24, 2.45) is 5.92 Å². The lowest BCUT2D eigenvalue weighted by Crippen LogP contribution is -2.28. The van der Waals surface area contributed by atoms with E-state index in [0.717, 1.165) is 22.9 Å². The van der Waals surface area contributed by atoms with Crippen LogP contribution in [-0.4, -0.2) is 29.3 Å². The van der Waals surface area contributed by atoms with Gasteiger partial charge in [0.05, 0.1) is 23.6 Å². The Kier molecular flexibility index (Phi) is 4.61. The molecule has 1 aliphatic heterocycles. The Morgan fingerprint density at radius 2 is 1.71 bits per heavy atom. The second kappa shape index (κ2) is 7.09. The molecule has 0 saturated carbocycles. The van der Waals surface area contributed by atoms with Gasteiger partial charge in [-0.05, 0) is 12.1 Å². The average Bonchev–Trinajstić information content (AvgIpc) is 3.15. The van der Waals surface area contributed by atoms with Crippen LogP contribution < -0.4 is 10.6 Å². The molecule has 0 radical (unpaired) electrons. The second-order valence-electron chi connectivity index (χ2n) is 6.66. The van der Waals surface area contributed by atoms with E-state index in [4.69, 9.17) is 0 Å². The van der Waals surface area contributed by atoms with E-state index in [1.54, 1.807) is 0 Å². The smallest absolute Gasteiger partial charge is 0.363 e. The van der Waals surface area contributed by atoms with Crippen LogP contribution >= 0.6 is 0 Å². The summed E-state index contributed by atoms with van der Waals surface area (Å²) in [6.07, 6.45) is -4.38. The molecule has 2 atom stereocenters. The third-order valence-electron chi connectivity index (χ3n) is 4.88. The van der Waals surface area contributed by atoms with Gasteiger partial charge in [0, 0.05) is 29.4 Å². The second-order valence-corrected chi connectivity index (χ2v) is 6.66. The summed E-state index contributed by atoms with van der Waals surface area (Å²) in [7, 11) is 0. The number of hydrogen-bond donors (Lipinski definition) is 2. The van der Waals surface area contributed by atoms with Gasteiger partial charge < -0.3 is 10.6 Å². The maximum absolute atomic E-state index is 12.8. The molecule has 5 nitrogen and oxygen atoms in total. The minimum Gasteiger partial charge on any atom is -0.363 e. The Balaban J connectivity index is 1.73. The lowest BCUT2D eigenvalue weighted by atomic mass is 10.0. The van der Waals surface area contributed by atoms with Crippen molar-refractivity contribution in [3.8, 4) is 17.3 Å². The van der Waals surface area contributed by atoms with Crippen molar-refractivity contribution in [1.29, 1.82) is 5.26 Å². The van der Waals surface area contributed by atoms with Crippen molar-refractivity contribution in [1.82, 2.24) is 15.5 Å². The van der Waals surface area contributed by atoms with Crippen molar-refractivity contribution in [2.75, 3.05) is 18.4 Å². The summed E-state index contributed by atoms with van der Waals surface area (Å²) in [5.41, 5.74) is 0.361. The van der Waals surface area contributed by atoms with Gasteiger partial charge in [0.15, 0.2) is 5.82 Å². The van der Waals surface area contributed by atoms with Crippen molar-refractivity contribution >= 4 is 16.6 Å². The Labute approximate surface area is 159 Å². The first kappa shape index (κ1) is 18.2. The molecule has 0 amide bonds. The lowest BCUT2D eigenvalue weighted by molar-refractivity contribution is -0.137. The van der Waals surface area contributed by atoms with Crippen LogP contribution in [0.25, 0.3) is 22.0 Å². The topological polar surface area (TPSA) is 73.6 Å². The molecular formula is C20H16F3N5. The van der Waals surface area contributed by atoms with E-state index < -0.39 is 11.7 Å². The molecule has 4 rings (SSSR count). The van der Waals surface area contributed by atoms with Gasteiger partial charge in [-0.1, -0.05) is 36.4 Å². The highest BCUT2D eigenvalue weighted by atomic mass is 19.4. The van der Waals surface area contributed by atoms with E-state index in [2.05, 4.69) is 26.9 Å². The third kappa shape index (κ3) is 3.37. The number of aromatic nitrogens is 2. The Hall–Kier alpha value is -3.18. The van der Waals surface area contributed by atoms with Crippen LogP contribution in [0.3, 0.4) is 0 Å². The van der Waals surface area contributed by atoms with Gasteiger partial charge in [0.2, 0.25) is 0 Å². The lowest BCUT2D eigenvalue weighted by Gasteiger charge is -2.17. The predicted molar refractivity (Wildman–Crippen MR) is 99.4 cm³/mol. The zero-order valence-corrected chi connectivity index (χ0v) is 14.7. The molecular weight excluding hydrogens is 367 g/mol. The summed E-state index contributed by atoms with van der Waals surface area (Å²) in [6, 6.07) is 14.5. The number of benzene rings is 2. The summed E-state index contributed by atoms with van der Waals surface area (Å²) >= 11 is 0. The Morgan fingerprint density at radius 1 is 1.00 bits per heavy atom. The fourth-order valence-corrected chi connectivity index (χ4v) is 3.38. The highest BCUT2D eigenvalue weighted by Gasteiger charge is 2.30. The number of hydrogen-bond acceptors (Lipinski definition) is 5. The number of halogens is 3. The summed E-state index contributed by atoms with van der Waals surface area (Å²) in [4.78, 5) is 0. The first-order chi connectivity index (χ1) is 13.5. The Morgan fingerprint density at radius 3 is 2.39 bits per heavy atom. The van der Waals surface area contributed by atoms with Crippen LogP contribution in [0.4, 0.5) is 19.0 Å². The van der Waals surface area contributed by atoms with Gasteiger partial charge in [-0.3, -0.25) is 0 Å². The van der Waals surface area contributed by atoms with Gasteiger partial charge >= 0.3 is 6.18 Å². The van der Waals surface area contributed by atoms with Crippen LogP contribution in [0.1, 0.15) is 5.56 Å². The minimum atomic E-state index is -4.38. The number of nitriles is 1. The maximum atomic E-state index is 12.8. The number of nitrogens with zero attached hydrogens (tertiary/aromatic N) is 3. The highest BCUT2D eigenvalue weighted by molar-refractivity contribution is 6.00. The molecule has 1 aromatic heterocycles. The molecule has 3 aromatic rings. The maximum Gasteiger partial charge on any atom is 0.416 e. The molecule has 0 aliphatic carbocycles. The molecule has 8 heteroatoms. The number of fused-ring (bicyclic) bond motifs is 1. The van der Waals surface area contributed by atoms with Crippen molar-refractivity contribution in [3.05, 3.63) is 54.1 Å². The molecule has 0 bridgehead atoms. The van der Waals surface area contributed by atoms with E-state index in [1.165, 1.54) is 12.1 Å². The van der Waals surface area contributed by atoms with E-state index in [-0.39, 0.29) is 12.0 Å². The van der Waals surface area contributed by atoms with Gasteiger partial charge in [-0.15, -0.1) is 10.2 Å². The van der Waals surface area contributed by atoms with Crippen molar-refractivity contribution in [3.63, 3.8) is 0 Å². The van der Waals surface area contributed by atoms with Gasteiger partial charge in [-0.25, -0.2) is 0 Å². The molecule has 2 aromatic carbocycles. The largest absolute Gasteiger partial charge is 0.416 e. The molecule has 1 saturated heterocycles. The SMILES string of the molecule is N#C[C@@H]1CNC[C@@H]1Nc1nnc(-c2ccc(C(F)(F)F)cc2)c2ccccc12. The van der Waals surface area contributed by atoms with Crippen LogP contribution in [0, 0.1) is 17.2 Å². The molecule has 0 unspecified atom stereocenters. The van der Waals surface area contributed by atoms with E-state index >= 15 is 0 Å². The quantitative estimate of drug-likeness (QED) is 0.719. The van der Waals surface area contributed by atoms with Crippen LogP contribution in [0.5, 0.6) is 0 Å². The summed E-state index contributed by atoms with van der Waals surface area (Å²) in [5, 5.41) is 25.8. The average molecular weight is 383 g/mol. The Bertz CT molecular complexity index is 1040. The number of rotatable bonds is 3. The first-order valence-electron chi connectivity index (χ1n) is 8.77. The number of alkyl halides is 3. The molecule has 0 spiro atoms. The fraction of sp³-hybridized carbons (Fsp3) is 0.250. The van der Waals surface area contributed by atoms with Gasteiger partial charge in [-0.2, -0.15) is 18.4 Å². The molecule has 142 valence electrons. The standard InChI is InChI=1S/C20H16F3N5/c21-20(22,23)14-7-5-12(6-8-14)18-15-3-1-2-4-16(15)19(28-27-18)26-17-11-25-10-13(17)9-24/h1-8,13,17,25H,10-11H2,(H,26,28)/t13-,17+/m1/s1. The molecule has 2 N–H and O–H groups in total. The zero-order valence-electron chi connectivity index (χ0n) is 14.7. The summed E-state index contributed by atoms with van der Waals surface area (Å²) < 4.78 is 38.5. The first-order valence-corrected chi connectivity index (χ1v) is 8.77. The molecule has 1 aliphatic rings. The minimum absolute atomic E-state index is 0.0837. The molecule has 2 heterocycles. The van der Waals surface area contributed by atoms with Crippen LogP contribution in [-0.2, 0) is 6.18 Å². The predicted octanol–water partition coefficient (Wildman–Crippen LogP) is 3.84. The van der Waals surface area contributed by atoms with Gasteiger partial charge in [0.1, 0.15) is 5.69 Å². The third-order valence-corrected chi connectivity index (χ3v) is 4.88. The van der Waals surface area contributed by atoms with Crippen LogP contribution in [0.15, 0.2) is 48.5 Å². The van der Waals surface area contributed by atoms with E-state index in [0.29, 0.717) is 30.2 Å². The molecule has 1 fully saturated rings. The zero-order chi connectivity index (χ0) is 19.7. The fourth-order valence-electron chi connectivity index (χ4n) is 3.38. The number of nitrogens with one attached hydrogen (secondary N) is 2. The van der Waals surface area contributed by atoms with Crippen molar-refractivity contribution in [2.45, 2.75) is 12.2 Å². The van der Waals surface area contributed by atoms with Gasteiger partial charge in [0.25, 0.3) is 0 Å². The normalized spacial score (nSPS) is 19.5. The molecule has 28 heavy (non-hydrogen) atoms. The van der Waals surface area contributed by atoms with Crippen LogP contribution in [0.2, 0.25) is 0 Å². The van der Waals surface area contributed by atoms with Crippen molar-refractivity contribution < 1.29 is 13.2 Å².